The summed E-state index contributed by atoms with van der Waals surface area (Å²) in [4.78, 5) is 12.6. The first-order valence-electron chi connectivity index (χ1n) is 4.94. The van der Waals surface area contributed by atoms with Crippen LogP contribution in [0.4, 0.5) is 18.0 Å². The number of halogens is 3. The molecule has 0 aromatic carbocycles. The van der Waals surface area contributed by atoms with Gasteiger partial charge < -0.3 is 9.64 Å². The summed E-state index contributed by atoms with van der Waals surface area (Å²) in [6.07, 6.45) is -2.85. The molecule has 0 bridgehead atoms. The highest BCUT2D eigenvalue weighted by Crippen LogP contribution is 2.28. The summed E-state index contributed by atoms with van der Waals surface area (Å²) < 4.78 is 39.5. The monoisotopic (exact) mass is 225 g/mol. The average Bonchev–Trinajstić information content (AvgIpc) is 2.92. The van der Waals surface area contributed by atoms with Crippen molar-refractivity contribution in [3.05, 3.63) is 0 Å². The lowest BCUT2D eigenvalue weighted by atomic mass is 10.4. The van der Waals surface area contributed by atoms with Gasteiger partial charge in [0.1, 0.15) is 0 Å². The van der Waals surface area contributed by atoms with Gasteiger partial charge in [0.25, 0.3) is 0 Å². The van der Waals surface area contributed by atoms with Gasteiger partial charge in [-0.3, -0.25) is 0 Å². The molecule has 1 aliphatic rings. The number of carbonyl (C=O) groups is 1. The van der Waals surface area contributed by atoms with E-state index < -0.39 is 18.9 Å². The maximum atomic E-state index is 11.8. The van der Waals surface area contributed by atoms with Crippen LogP contribution in [0.1, 0.15) is 26.2 Å². The molecular formula is C9H14F3NO2. The Morgan fingerprint density at radius 1 is 1.47 bits per heavy atom. The van der Waals surface area contributed by atoms with Gasteiger partial charge in [-0.25, -0.2) is 4.79 Å². The summed E-state index contributed by atoms with van der Waals surface area (Å²) in [5.41, 5.74) is 0. The summed E-state index contributed by atoms with van der Waals surface area (Å²) in [5, 5.41) is 0. The summed E-state index contributed by atoms with van der Waals surface area (Å²) >= 11 is 0. The van der Waals surface area contributed by atoms with Crippen LogP contribution >= 0.6 is 0 Å². The number of carbonyl (C=O) groups excluding carboxylic acids is 1. The van der Waals surface area contributed by atoms with Crippen LogP contribution in [0.2, 0.25) is 0 Å². The molecule has 0 atom stereocenters. The Morgan fingerprint density at radius 2 is 2.07 bits per heavy atom. The average molecular weight is 225 g/mol. The molecule has 1 saturated carbocycles. The Kier molecular flexibility index (Phi) is 3.82. The molecule has 0 N–H and O–H groups in total. The standard InChI is InChI=1S/C9H14F3NO2/c1-2-5-13(7-3-4-7)8(14)15-6-9(10,11)12/h7H,2-6H2,1H3. The van der Waals surface area contributed by atoms with Crippen molar-refractivity contribution in [1.29, 1.82) is 0 Å². The van der Waals surface area contributed by atoms with E-state index in [2.05, 4.69) is 4.74 Å². The molecule has 0 aliphatic heterocycles. The quantitative estimate of drug-likeness (QED) is 0.735. The highest BCUT2D eigenvalue weighted by Gasteiger charge is 2.35. The predicted octanol–water partition coefficient (Wildman–Crippen LogP) is 2.56. The predicted molar refractivity (Wildman–Crippen MR) is 47.4 cm³/mol. The fourth-order valence-corrected chi connectivity index (χ4v) is 1.28. The Morgan fingerprint density at radius 3 is 2.47 bits per heavy atom. The number of amides is 1. The fraction of sp³-hybridized carbons (Fsp3) is 0.889. The van der Waals surface area contributed by atoms with Crippen molar-refractivity contribution >= 4 is 6.09 Å². The van der Waals surface area contributed by atoms with Crippen LogP contribution in [0.3, 0.4) is 0 Å². The zero-order valence-corrected chi connectivity index (χ0v) is 8.51. The lowest BCUT2D eigenvalue weighted by Crippen LogP contribution is -2.36. The first-order valence-corrected chi connectivity index (χ1v) is 4.94. The number of hydrogen-bond acceptors (Lipinski definition) is 2. The summed E-state index contributed by atoms with van der Waals surface area (Å²) in [6.45, 7) is 0.826. The normalized spacial score (nSPS) is 16.3. The van der Waals surface area contributed by atoms with Crippen LogP contribution in [0, 0.1) is 0 Å². The van der Waals surface area contributed by atoms with Crippen molar-refractivity contribution in [1.82, 2.24) is 4.90 Å². The Labute approximate surface area is 86.2 Å². The van der Waals surface area contributed by atoms with Crippen molar-refractivity contribution in [3.8, 4) is 0 Å². The van der Waals surface area contributed by atoms with E-state index in [0.717, 1.165) is 19.3 Å². The van der Waals surface area contributed by atoms with Crippen LogP contribution in [0.5, 0.6) is 0 Å². The summed E-state index contributed by atoms with van der Waals surface area (Å²) in [6, 6.07) is 0.0886. The minimum atomic E-state index is -4.45. The molecule has 0 heterocycles. The number of hydrogen-bond donors (Lipinski definition) is 0. The van der Waals surface area contributed by atoms with Crippen LogP contribution in [-0.4, -0.2) is 36.4 Å². The molecule has 0 aromatic heterocycles. The summed E-state index contributed by atoms with van der Waals surface area (Å²) in [5.74, 6) is 0. The van der Waals surface area contributed by atoms with Crippen LogP contribution < -0.4 is 0 Å². The number of ether oxygens (including phenoxy) is 1. The van der Waals surface area contributed by atoms with Crippen LogP contribution in [0.15, 0.2) is 0 Å². The van der Waals surface area contributed by atoms with Gasteiger partial charge in [0.15, 0.2) is 6.61 Å². The lowest BCUT2D eigenvalue weighted by Gasteiger charge is -2.21. The molecule has 0 spiro atoms. The maximum Gasteiger partial charge on any atom is 0.422 e. The smallest absolute Gasteiger partial charge is 0.422 e. The number of rotatable bonds is 4. The second kappa shape index (κ2) is 4.72. The molecule has 88 valence electrons. The highest BCUT2D eigenvalue weighted by atomic mass is 19.4. The van der Waals surface area contributed by atoms with Gasteiger partial charge in [-0.05, 0) is 19.3 Å². The third kappa shape index (κ3) is 4.40. The Bertz CT molecular complexity index is 226. The van der Waals surface area contributed by atoms with E-state index in [4.69, 9.17) is 0 Å². The fourth-order valence-electron chi connectivity index (χ4n) is 1.28. The second-order valence-electron chi connectivity index (χ2n) is 3.59. The van der Waals surface area contributed by atoms with Gasteiger partial charge in [0.2, 0.25) is 0 Å². The van der Waals surface area contributed by atoms with Crippen molar-refractivity contribution in [2.45, 2.75) is 38.4 Å². The Hall–Kier alpha value is -0.940. The third-order valence-corrected chi connectivity index (χ3v) is 2.05. The van der Waals surface area contributed by atoms with E-state index in [0.29, 0.717) is 6.54 Å². The van der Waals surface area contributed by atoms with Crippen LogP contribution in [-0.2, 0) is 4.74 Å². The molecule has 1 fully saturated rings. The maximum absolute atomic E-state index is 11.8. The largest absolute Gasteiger partial charge is 0.440 e. The van der Waals surface area contributed by atoms with Crippen LogP contribution in [0.25, 0.3) is 0 Å². The molecule has 1 amide bonds. The summed E-state index contributed by atoms with van der Waals surface area (Å²) in [7, 11) is 0. The van der Waals surface area contributed by atoms with Gasteiger partial charge in [0, 0.05) is 12.6 Å². The van der Waals surface area contributed by atoms with Gasteiger partial charge in [-0.2, -0.15) is 13.2 Å². The molecule has 0 saturated heterocycles. The molecule has 1 rings (SSSR count). The van der Waals surface area contributed by atoms with E-state index in [-0.39, 0.29) is 6.04 Å². The van der Waals surface area contributed by atoms with Crippen molar-refractivity contribution in [2.75, 3.05) is 13.2 Å². The zero-order valence-electron chi connectivity index (χ0n) is 8.51. The van der Waals surface area contributed by atoms with E-state index in [1.165, 1.54) is 4.90 Å². The van der Waals surface area contributed by atoms with E-state index in [1.807, 2.05) is 6.92 Å². The van der Waals surface area contributed by atoms with Crippen molar-refractivity contribution < 1.29 is 22.7 Å². The first-order chi connectivity index (χ1) is 6.94. The molecule has 0 unspecified atom stereocenters. The molecule has 6 heteroatoms. The minimum Gasteiger partial charge on any atom is -0.440 e. The second-order valence-corrected chi connectivity index (χ2v) is 3.59. The molecule has 0 radical (unpaired) electrons. The van der Waals surface area contributed by atoms with Crippen molar-refractivity contribution in [3.63, 3.8) is 0 Å². The lowest BCUT2D eigenvalue weighted by molar-refractivity contribution is -0.162. The topological polar surface area (TPSA) is 29.5 Å². The van der Waals surface area contributed by atoms with Gasteiger partial charge in [-0.15, -0.1) is 0 Å². The van der Waals surface area contributed by atoms with E-state index >= 15 is 0 Å². The molecule has 15 heavy (non-hydrogen) atoms. The number of nitrogens with zero attached hydrogens (tertiary/aromatic N) is 1. The molecular weight excluding hydrogens is 211 g/mol. The Balaban J connectivity index is 2.35. The van der Waals surface area contributed by atoms with E-state index in [9.17, 15) is 18.0 Å². The highest BCUT2D eigenvalue weighted by molar-refractivity contribution is 5.68. The zero-order chi connectivity index (χ0) is 11.5. The van der Waals surface area contributed by atoms with Crippen molar-refractivity contribution in [2.24, 2.45) is 0 Å². The molecule has 0 aromatic rings. The van der Waals surface area contributed by atoms with Gasteiger partial charge in [-0.1, -0.05) is 6.92 Å². The SMILES string of the molecule is CCCN(C(=O)OCC(F)(F)F)C1CC1. The molecule has 1 aliphatic carbocycles. The van der Waals surface area contributed by atoms with Gasteiger partial charge in [0.05, 0.1) is 0 Å². The van der Waals surface area contributed by atoms with Gasteiger partial charge >= 0.3 is 12.3 Å². The van der Waals surface area contributed by atoms with E-state index in [1.54, 1.807) is 0 Å². The third-order valence-electron chi connectivity index (χ3n) is 2.05. The molecule has 3 nitrogen and oxygen atoms in total. The minimum absolute atomic E-state index is 0.0886. The number of alkyl halides is 3. The first kappa shape index (κ1) is 12.1.